The van der Waals surface area contributed by atoms with Crippen molar-refractivity contribution < 1.29 is 4.74 Å². The largest absolute Gasteiger partial charge is 0.369 e. The normalized spacial score (nSPS) is 23.3. The molecular formula is C17H23NO. The summed E-state index contributed by atoms with van der Waals surface area (Å²) in [6.45, 7) is 7.51. The van der Waals surface area contributed by atoms with Crippen LogP contribution in [0.25, 0.3) is 10.9 Å². The number of rotatable bonds is 2. The summed E-state index contributed by atoms with van der Waals surface area (Å²) < 4.78 is 6.14. The second-order valence-electron chi connectivity index (χ2n) is 5.71. The summed E-state index contributed by atoms with van der Waals surface area (Å²) in [5.74, 6) is 0. The SMILES string of the molecule is CCc1cccc2c3c([nH]c12)[C@](C)(CC)OCCC3. The predicted molar refractivity (Wildman–Crippen MR) is 79.6 cm³/mol. The summed E-state index contributed by atoms with van der Waals surface area (Å²) in [5, 5.41) is 1.40. The van der Waals surface area contributed by atoms with Crippen LogP contribution in [0, 0.1) is 0 Å². The van der Waals surface area contributed by atoms with E-state index in [1.807, 2.05) is 0 Å². The molecule has 0 unspecified atom stereocenters. The minimum atomic E-state index is -0.157. The second-order valence-corrected chi connectivity index (χ2v) is 5.71. The second kappa shape index (κ2) is 4.68. The first kappa shape index (κ1) is 12.7. The minimum absolute atomic E-state index is 0.157. The van der Waals surface area contributed by atoms with E-state index in [0.29, 0.717) is 0 Å². The van der Waals surface area contributed by atoms with E-state index >= 15 is 0 Å². The Balaban J connectivity index is 2.29. The molecule has 0 aliphatic carbocycles. The molecule has 0 saturated carbocycles. The predicted octanol–water partition coefficient (Wildman–Crippen LogP) is 4.32. The lowest BCUT2D eigenvalue weighted by Crippen LogP contribution is -2.25. The van der Waals surface area contributed by atoms with Gasteiger partial charge in [-0.3, -0.25) is 0 Å². The first-order valence-electron chi connectivity index (χ1n) is 7.46. The Morgan fingerprint density at radius 3 is 2.89 bits per heavy atom. The van der Waals surface area contributed by atoms with Crippen LogP contribution in [0.4, 0.5) is 0 Å². The van der Waals surface area contributed by atoms with Crippen LogP contribution in [0.5, 0.6) is 0 Å². The fraction of sp³-hybridized carbons (Fsp3) is 0.529. The van der Waals surface area contributed by atoms with Crippen molar-refractivity contribution in [2.45, 2.75) is 52.1 Å². The molecule has 19 heavy (non-hydrogen) atoms. The number of aromatic nitrogens is 1. The molecule has 0 amide bonds. The molecule has 1 aliphatic heterocycles. The zero-order chi connectivity index (χ0) is 13.5. The summed E-state index contributed by atoms with van der Waals surface area (Å²) in [4.78, 5) is 3.69. The van der Waals surface area contributed by atoms with Gasteiger partial charge in [-0.2, -0.15) is 0 Å². The molecule has 2 heterocycles. The number of para-hydroxylation sites is 1. The Morgan fingerprint density at radius 1 is 1.32 bits per heavy atom. The number of benzene rings is 1. The maximum Gasteiger partial charge on any atom is 0.105 e. The maximum atomic E-state index is 6.14. The van der Waals surface area contributed by atoms with Gasteiger partial charge in [-0.25, -0.2) is 0 Å². The third-order valence-corrected chi connectivity index (χ3v) is 4.60. The zero-order valence-corrected chi connectivity index (χ0v) is 12.2. The number of H-pyrrole nitrogens is 1. The van der Waals surface area contributed by atoms with Crippen molar-refractivity contribution in [2.24, 2.45) is 0 Å². The third kappa shape index (κ3) is 1.90. The summed E-state index contributed by atoms with van der Waals surface area (Å²) >= 11 is 0. The zero-order valence-electron chi connectivity index (χ0n) is 12.2. The summed E-state index contributed by atoms with van der Waals surface area (Å²) in [7, 11) is 0. The van der Waals surface area contributed by atoms with Crippen molar-refractivity contribution in [3.63, 3.8) is 0 Å². The van der Waals surface area contributed by atoms with Gasteiger partial charge in [0.1, 0.15) is 5.60 Å². The van der Waals surface area contributed by atoms with Gasteiger partial charge in [0, 0.05) is 17.5 Å². The van der Waals surface area contributed by atoms with Gasteiger partial charge in [0.25, 0.3) is 0 Å². The Hall–Kier alpha value is -1.28. The standard InChI is InChI=1S/C17H23NO/c1-4-12-8-6-9-13-14-10-7-11-19-17(3,5-2)16(14)18-15(12)13/h6,8-9,18H,4-5,7,10-11H2,1-3H3/t17-/m0/s1. The summed E-state index contributed by atoms with van der Waals surface area (Å²) in [5.41, 5.74) is 5.36. The molecule has 0 saturated heterocycles. The average Bonchev–Trinajstić information content (AvgIpc) is 2.74. The van der Waals surface area contributed by atoms with E-state index in [4.69, 9.17) is 4.74 Å². The Kier molecular flexibility index (Phi) is 3.14. The minimum Gasteiger partial charge on any atom is -0.369 e. The van der Waals surface area contributed by atoms with E-state index in [0.717, 1.165) is 32.3 Å². The van der Waals surface area contributed by atoms with Gasteiger partial charge in [0.2, 0.25) is 0 Å². The quantitative estimate of drug-likeness (QED) is 0.851. The molecule has 2 nitrogen and oxygen atoms in total. The van der Waals surface area contributed by atoms with Crippen LogP contribution in [-0.2, 0) is 23.2 Å². The van der Waals surface area contributed by atoms with Gasteiger partial charge in [0.05, 0.1) is 5.69 Å². The van der Waals surface area contributed by atoms with E-state index < -0.39 is 0 Å². The van der Waals surface area contributed by atoms with Crippen LogP contribution in [0.15, 0.2) is 18.2 Å². The molecule has 0 spiro atoms. The fourth-order valence-electron chi connectivity index (χ4n) is 3.24. The van der Waals surface area contributed by atoms with Crippen LogP contribution >= 0.6 is 0 Å². The number of ether oxygens (including phenoxy) is 1. The molecule has 0 radical (unpaired) electrons. The lowest BCUT2D eigenvalue weighted by molar-refractivity contribution is -0.0382. The van der Waals surface area contributed by atoms with Gasteiger partial charge in [-0.05, 0) is 43.7 Å². The topological polar surface area (TPSA) is 25.0 Å². The Bertz CT molecular complexity index is 599. The third-order valence-electron chi connectivity index (χ3n) is 4.60. The van der Waals surface area contributed by atoms with Gasteiger partial charge in [-0.1, -0.05) is 32.0 Å². The van der Waals surface area contributed by atoms with Gasteiger partial charge in [-0.15, -0.1) is 0 Å². The van der Waals surface area contributed by atoms with Crippen molar-refractivity contribution >= 4 is 10.9 Å². The molecule has 1 atom stereocenters. The van der Waals surface area contributed by atoms with Crippen molar-refractivity contribution in [3.05, 3.63) is 35.0 Å². The molecule has 1 N–H and O–H groups in total. The molecule has 0 bridgehead atoms. The molecule has 2 heteroatoms. The van der Waals surface area contributed by atoms with E-state index in [9.17, 15) is 0 Å². The first-order chi connectivity index (χ1) is 9.19. The number of aryl methyl sites for hydroxylation is 2. The highest BCUT2D eigenvalue weighted by Crippen LogP contribution is 2.38. The van der Waals surface area contributed by atoms with E-state index in [1.165, 1.54) is 27.7 Å². The fourth-order valence-corrected chi connectivity index (χ4v) is 3.24. The van der Waals surface area contributed by atoms with Crippen molar-refractivity contribution in [1.82, 2.24) is 4.98 Å². The number of fused-ring (bicyclic) bond motifs is 3. The Morgan fingerprint density at radius 2 is 2.16 bits per heavy atom. The smallest absolute Gasteiger partial charge is 0.105 e. The molecule has 1 aliphatic rings. The molecular weight excluding hydrogens is 234 g/mol. The summed E-state index contributed by atoms with van der Waals surface area (Å²) in [6.07, 6.45) is 4.32. The van der Waals surface area contributed by atoms with Crippen molar-refractivity contribution in [2.75, 3.05) is 6.61 Å². The highest BCUT2D eigenvalue weighted by molar-refractivity contribution is 5.87. The van der Waals surface area contributed by atoms with Crippen LogP contribution < -0.4 is 0 Å². The van der Waals surface area contributed by atoms with Crippen LogP contribution in [0.1, 0.15) is 50.4 Å². The molecule has 102 valence electrons. The average molecular weight is 257 g/mol. The summed E-state index contributed by atoms with van der Waals surface area (Å²) in [6, 6.07) is 6.66. The lowest BCUT2D eigenvalue weighted by atomic mass is 9.93. The van der Waals surface area contributed by atoms with Gasteiger partial charge in [0.15, 0.2) is 0 Å². The van der Waals surface area contributed by atoms with Crippen molar-refractivity contribution in [3.8, 4) is 0 Å². The molecule has 2 aromatic rings. The molecule has 3 rings (SSSR count). The van der Waals surface area contributed by atoms with Crippen LogP contribution in [-0.4, -0.2) is 11.6 Å². The monoisotopic (exact) mass is 257 g/mol. The van der Waals surface area contributed by atoms with Gasteiger partial charge >= 0.3 is 0 Å². The molecule has 1 aromatic heterocycles. The van der Waals surface area contributed by atoms with Gasteiger partial charge < -0.3 is 9.72 Å². The first-order valence-corrected chi connectivity index (χ1v) is 7.46. The van der Waals surface area contributed by atoms with Crippen LogP contribution in [0.3, 0.4) is 0 Å². The number of hydrogen-bond donors (Lipinski definition) is 1. The van der Waals surface area contributed by atoms with Crippen molar-refractivity contribution in [1.29, 1.82) is 0 Å². The highest BCUT2D eigenvalue weighted by atomic mass is 16.5. The highest BCUT2D eigenvalue weighted by Gasteiger charge is 2.33. The maximum absolute atomic E-state index is 6.14. The van der Waals surface area contributed by atoms with E-state index in [-0.39, 0.29) is 5.60 Å². The lowest BCUT2D eigenvalue weighted by Gasteiger charge is -2.27. The number of hydrogen-bond acceptors (Lipinski definition) is 1. The molecule has 0 fully saturated rings. The number of nitrogens with one attached hydrogen (secondary N) is 1. The molecule has 1 aromatic carbocycles. The van der Waals surface area contributed by atoms with E-state index in [2.05, 4.69) is 44.0 Å². The number of aromatic amines is 1. The van der Waals surface area contributed by atoms with E-state index in [1.54, 1.807) is 0 Å². The Labute approximate surface area is 115 Å². The van der Waals surface area contributed by atoms with Crippen LogP contribution in [0.2, 0.25) is 0 Å².